The van der Waals surface area contributed by atoms with E-state index in [0.29, 0.717) is 11.2 Å². The molecule has 0 unspecified atom stereocenters. The minimum atomic E-state index is -0.534. The zero-order valence-electron chi connectivity index (χ0n) is 15.8. The van der Waals surface area contributed by atoms with Gasteiger partial charge in [-0.2, -0.15) is 0 Å². The van der Waals surface area contributed by atoms with Crippen molar-refractivity contribution in [1.29, 1.82) is 0 Å². The molecule has 1 aromatic carbocycles. The van der Waals surface area contributed by atoms with E-state index in [-0.39, 0.29) is 35.6 Å². The Morgan fingerprint density at radius 3 is 2.62 bits per heavy atom. The zero-order chi connectivity index (χ0) is 20.4. The molecule has 1 aliphatic carbocycles. The number of para-hydroxylation sites is 1. The van der Waals surface area contributed by atoms with Crippen LogP contribution in [0.2, 0.25) is 0 Å². The standard InChI is InChI=1S/C21H20N4O4/c1-2-29-21(28)14-7-3-4-8-15(14)23-20(27)18-24-17(19(26)22-13-10-11-13)16-9-5-6-12-25(16)18/h3-9,12-13H,2,10-11H2,1H3,(H,22,26)(H,23,27). The molecule has 2 aromatic heterocycles. The molecule has 0 spiro atoms. The Hall–Kier alpha value is -3.68. The average Bonchev–Trinajstić information content (AvgIpc) is 3.45. The van der Waals surface area contributed by atoms with E-state index in [4.69, 9.17) is 4.74 Å². The molecule has 0 bridgehead atoms. The first kappa shape index (κ1) is 18.7. The van der Waals surface area contributed by atoms with Crippen LogP contribution in [0.3, 0.4) is 0 Å². The number of amides is 2. The number of carbonyl (C=O) groups excluding carboxylic acids is 3. The van der Waals surface area contributed by atoms with Crippen molar-refractivity contribution in [2.24, 2.45) is 0 Å². The van der Waals surface area contributed by atoms with Gasteiger partial charge in [0.25, 0.3) is 11.8 Å². The van der Waals surface area contributed by atoms with Gasteiger partial charge in [0.1, 0.15) is 0 Å². The number of anilines is 1. The van der Waals surface area contributed by atoms with Crippen LogP contribution in [0.25, 0.3) is 5.52 Å². The number of imidazole rings is 1. The first-order valence-corrected chi connectivity index (χ1v) is 9.44. The Labute approximate surface area is 166 Å². The van der Waals surface area contributed by atoms with Crippen LogP contribution in [-0.2, 0) is 4.74 Å². The maximum atomic E-state index is 13.0. The summed E-state index contributed by atoms with van der Waals surface area (Å²) in [6.07, 6.45) is 3.58. The van der Waals surface area contributed by atoms with Crippen molar-refractivity contribution in [2.45, 2.75) is 25.8 Å². The van der Waals surface area contributed by atoms with E-state index >= 15 is 0 Å². The lowest BCUT2D eigenvalue weighted by Gasteiger charge is -2.09. The topological polar surface area (TPSA) is 102 Å². The Morgan fingerprint density at radius 2 is 1.86 bits per heavy atom. The quantitative estimate of drug-likeness (QED) is 0.628. The number of pyridine rings is 1. The summed E-state index contributed by atoms with van der Waals surface area (Å²) in [7, 11) is 0. The highest BCUT2D eigenvalue weighted by molar-refractivity contribution is 6.08. The Bertz CT molecular complexity index is 1100. The number of hydrogen-bond acceptors (Lipinski definition) is 5. The number of ether oxygens (including phenoxy) is 1. The molecule has 8 nitrogen and oxygen atoms in total. The number of aromatic nitrogens is 2. The van der Waals surface area contributed by atoms with Gasteiger partial charge >= 0.3 is 5.97 Å². The van der Waals surface area contributed by atoms with Crippen LogP contribution in [0, 0.1) is 0 Å². The van der Waals surface area contributed by atoms with Crippen molar-refractivity contribution in [3.63, 3.8) is 0 Å². The van der Waals surface area contributed by atoms with Gasteiger partial charge in [-0.15, -0.1) is 0 Å². The van der Waals surface area contributed by atoms with Crippen LogP contribution in [0.5, 0.6) is 0 Å². The van der Waals surface area contributed by atoms with E-state index in [0.717, 1.165) is 12.8 Å². The fourth-order valence-electron chi connectivity index (χ4n) is 3.00. The van der Waals surface area contributed by atoms with E-state index in [1.54, 1.807) is 60.0 Å². The van der Waals surface area contributed by atoms with Gasteiger partial charge in [-0.25, -0.2) is 9.78 Å². The summed E-state index contributed by atoms with van der Waals surface area (Å²) in [6.45, 7) is 1.94. The fourth-order valence-corrected chi connectivity index (χ4v) is 3.00. The third-order valence-electron chi connectivity index (χ3n) is 4.55. The minimum Gasteiger partial charge on any atom is -0.462 e. The molecule has 0 radical (unpaired) electrons. The summed E-state index contributed by atoms with van der Waals surface area (Å²) in [5.74, 6) is -1.31. The maximum absolute atomic E-state index is 13.0. The third-order valence-corrected chi connectivity index (χ3v) is 4.55. The summed E-state index contributed by atoms with van der Waals surface area (Å²) >= 11 is 0. The molecule has 0 atom stereocenters. The lowest BCUT2D eigenvalue weighted by Crippen LogP contribution is -2.26. The molecule has 1 aliphatic rings. The Kier molecular flexibility index (Phi) is 4.99. The van der Waals surface area contributed by atoms with E-state index in [2.05, 4.69) is 15.6 Å². The second-order valence-electron chi connectivity index (χ2n) is 6.71. The van der Waals surface area contributed by atoms with Crippen molar-refractivity contribution in [2.75, 3.05) is 11.9 Å². The zero-order valence-corrected chi connectivity index (χ0v) is 15.8. The highest BCUT2D eigenvalue weighted by Crippen LogP contribution is 2.22. The first-order chi connectivity index (χ1) is 14.1. The Balaban J connectivity index is 1.66. The van der Waals surface area contributed by atoms with Crippen LogP contribution in [0.1, 0.15) is 51.2 Å². The number of rotatable bonds is 6. The maximum Gasteiger partial charge on any atom is 0.340 e. The number of hydrogen-bond donors (Lipinski definition) is 2. The number of nitrogens with one attached hydrogen (secondary N) is 2. The summed E-state index contributed by atoms with van der Waals surface area (Å²) in [5.41, 5.74) is 1.29. The van der Waals surface area contributed by atoms with E-state index in [1.807, 2.05) is 0 Å². The number of carbonyl (C=O) groups is 3. The van der Waals surface area contributed by atoms with Gasteiger partial charge in [0.05, 0.1) is 23.4 Å². The smallest absolute Gasteiger partial charge is 0.340 e. The Morgan fingerprint density at radius 1 is 1.10 bits per heavy atom. The molecule has 1 fully saturated rings. The van der Waals surface area contributed by atoms with Gasteiger partial charge in [-0.1, -0.05) is 18.2 Å². The summed E-state index contributed by atoms with van der Waals surface area (Å²) in [5, 5.41) is 5.60. The van der Waals surface area contributed by atoms with Gasteiger partial charge in [0, 0.05) is 12.2 Å². The number of esters is 1. The van der Waals surface area contributed by atoms with Gasteiger partial charge in [0.15, 0.2) is 5.69 Å². The second kappa shape index (κ2) is 7.75. The normalized spacial score (nSPS) is 13.1. The molecular weight excluding hydrogens is 372 g/mol. The molecule has 29 heavy (non-hydrogen) atoms. The SMILES string of the molecule is CCOC(=O)c1ccccc1NC(=O)c1nc(C(=O)NC2CC2)c2ccccn12. The van der Waals surface area contributed by atoms with Crippen molar-refractivity contribution in [3.8, 4) is 0 Å². The summed E-state index contributed by atoms with van der Waals surface area (Å²) in [6, 6.07) is 12.0. The van der Waals surface area contributed by atoms with Crippen molar-refractivity contribution >= 4 is 29.0 Å². The van der Waals surface area contributed by atoms with Crippen molar-refractivity contribution in [3.05, 3.63) is 65.7 Å². The van der Waals surface area contributed by atoms with Crippen LogP contribution in [0.4, 0.5) is 5.69 Å². The lowest BCUT2D eigenvalue weighted by molar-refractivity contribution is 0.0527. The molecule has 2 amide bonds. The van der Waals surface area contributed by atoms with Crippen LogP contribution < -0.4 is 10.6 Å². The predicted molar refractivity (Wildman–Crippen MR) is 106 cm³/mol. The molecule has 0 saturated heterocycles. The van der Waals surface area contributed by atoms with E-state index < -0.39 is 11.9 Å². The monoisotopic (exact) mass is 392 g/mol. The summed E-state index contributed by atoms with van der Waals surface area (Å²) < 4.78 is 6.60. The highest BCUT2D eigenvalue weighted by atomic mass is 16.5. The molecule has 148 valence electrons. The van der Waals surface area contributed by atoms with Gasteiger partial charge in [0.2, 0.25) is 5.82 Å². The van der Waals surface area contributed by atoms with Crippen LogP contribution in [0.15, 0.2) is 48.7 Å². The molecule has 2 heterocycles. The fraction of sp³-hybridized carbons (Fsp3) is 0.238. The molecule has 4 rings (SSSR count). The van der Waals surface area contributed by atoms with Crippen molar-refractivity contribution < 1.29 is 19.1 Å². The van der Waals surface area contributed by atoms with E-state index in [1.165, 1.54) is 0 Å². The van der Waals surface area contributed by atoms with Gasteiger partial charge in [-0.05, 0) is 44.0 Å². The molecular formula is C21H20N4O4. The largest absolute Gasteiger partial charge is 0.462 e. The molecule has 1 saturated carbocycles. The van der Waals surface area contributed by atoms with E-state index in [9.17, 15) is 14.4 Å². The first-order valence-electron chi connectivity index (χ1n) is 9.44. The lowest BCUT2D eigenvalue weighted by atomic mass is 10.2. The van der Waals surface area contributed by atoms with Crippen molar-refractivity contribution in [1.82, 2.24) is 14.7 Å². The van der Waals surface area contributed by atoms with Gasteiger partial charge < -0.3 is 15.4 Å². The molecule has 2 N–H and O–H groups in total. The van der Waals surface area contributed by atoms with Crippen LogP contribution >= 0.6 is 0 Å². The number of fused-ring (bicyclic) bond motifs is 1. The summed E-state index contributed by atoms with van der Waals surface area (Å²) in [4.78, 5) is 41.9. The number of benzene rings is 1. The second-order valence-corrected chi connectivity index (χ2v) is 6.71. The predicted octanol–water partition coefficient (Wildman–Crippen LogP) is 2.66. The molecule has 0 aliphatic heterocycles. The molecule has 8 heteroatoms. The number of nitrogens with zero attached hydrogens (tertiary/aromatic N) is 2. The highest BCUT2D eigenvalue weighted by Gasteiger charge is 2.28. The molecule has 3 aromatic rings. The van der Waals surface area contributed by atoms with Crippen LogP contribution in [-0.4, -0.2) is 39.8 Å². The third kappa shape index (κ3) is 3.82. The average molecular weight is 392 g/mol. The van der Waals surface area contributed by atoms with Gasteiger partial charge in [-0.3, -0.25) is 14.0 Å². The minimum absolute atomic E-state index is 0.0557.